The Morgan fingerprint density at radius 2 is 1.95 bits per heavy atom. The van der Waals surface area contributed by atoms with Gasteiger partial charge in [0.25, 0.3) is 10.0 Å². The minimum Gasteiger partial charge on any atom is -0.453 e. The van der Waals surface area contributed by atoms with Gasteiger partial charge in [-0.05, 0) is 0 Å². The Kier molecular flexibility index (Phi) is 4.21. The van der Waals surface area contributed by atoms with Crippen LogP contribution in [0.5, 0.6) is 0 Å². The molecule has 2 rings (SSSR count). The second-order valence-corrected chi connectivity index (χ2v) is 6.52. The van der Waals surface area contributed by atoms with Crippen LogP contribution in [-0.2, 0) is 21.8 Å². The number of methoxy groups -OCH3 is 1. The van der Waals surface area contributed by atoms with Crippen LogP contribution in [0.15, 0.2) is 11.4 Å². The van der Waals surface area contributed by atoms with Gasteiger partial charge in [0.05, 0.1) is 13.4 Å². The smallest absolute Gasteiger partial charge is 0.409 e. The predicted octanol–water partition coefficient (Wildman–Crippen LogP) is 0.146. The van der Waals surface area contributed by atoms with Crippen LogP contribution in [0, 0.1) is 0 Å². The van der Waals surface area contributed by atoms with Crippen molar-refractivity contribution in [3.63, 3.8) is 0 Å². The molecule has 0 radical (unpaired) electrons. The van der Waals surface area contributed by atoms with Gasteiger partial charge in [0.15, 0.2) is 0 Å². The normalized spacial score (nSPS) is 17.2. The molecule has 1 saturated heterocycles. The maximum atomic E-state index is 12.4. The van der Waals surface area contributed by atoms with E-state index < -0.39 is 16.1 Å². The second-order valence-electron chi connectivity index (χ2n) is 4.31. The molecule has 0 aromatic carbocycles. The molecule has 0 atom stereocenters. The van der Waals surface area contributed by atoms with Gasteiger partial charge in [0, 0.05) is 33.2 Å². The average molecular weight is 323 g/mol. The van der Waals surface area contributed by atoms with Gasteiger partial charge in [-0.25, -0.2) is 18.2 Å². The number of halogens is 1. The van der Waals surface area contributed by atoms with Crippen LogP contribution >= 0.6 is 11.6 Å². The Morgan fingerprint density at radius 3 is 2.40 bits per heavy atom. The lowest BCUT2D eigenvalue weighted by atomic mass is 10.4. The van der Waals surface area contributed by atoms with Gasteiger partial charge in [0.1, 0.15) is 5.15 Å². The summed E-state index contributed by atoms with van der Waals surface area (Å²) in [7, 11) is -0.832. The van der Waals surface area contributed by atoms with Gasteiger partial charge < -0.3 is 14.2 Å². The van der Waals surface area contributed by atoms with Gasteiger partial charge in [0.2, 0.25) is 5.03 Å². The predicted molar refractivity (Wildman–Crippen MR) is 71.0 cm³/mol. The van der Waals surface area contributed by atoms with Crippen molar-refractivity contribution in [3.8, 4) is 0 Å². The topological polar surface area (TPSA) is 84.7 Å². The molecule has 1 aliphatic rings. The fraction of sp³-hybridized carbons (Fsp3) is 0.600. The van der Waals surface area contributed by atoms with E-state index in [2.05, 4.69) is 9.72 Å². The molecule has 0 bridgehead atoms. The van der Waals surface area contributed by atoms with Crippen LogP contribution in [0.4, 0.5) is 4.79 Å². The maximum absolute atomic E-state index is 12.4. The molecule has 2 heterocycles. The van der Waals surface area contributed by atoms with E-state index in [0.717, 1.165) is 0 Å². The molecule has 0 unspecified atom stereocenters. The number of rotatable bonds is 2. The van der Waals surface area contributed by atoms with Crippen LogP contribution < -0.4 is 0 Å². The second kappa shape index (κ2) is 5.58. The van der Waals surface area contributed by atoms with Gasteiger partial charge in [-0.15, -0.1) is 0 Å². The van der Waals surface area contributed by atoms with Crippen LogP contribution in [0.25, 0.3) is 0 Å². The van der Waals surface area contributed by atoms with Crippen molar-refractivity contribution in [1.29, 1.82) is 0 Å². The molecule has 0 spiro atoms. The number of carbonyl (C=O) groups excluding carboxylic acids is 1. The number of ether oxygens (including phenoxy) is 1. The number of amides is 1. The van der Waals surface area contributed by atoms with Crippen LogP contribution in [-0.4, -0.2) is 66.6 Å². The molecular formula is C10H15ClN4O4S. The van der Waals surface area contributed by atoms with Crippen molar-refractivity contribution in [2.24, 2.45) is 7.05 Å². The zero-order chi connectivity index (χ0) is 14.9. The molecule has 0 N–H and O–H groups in total. The van der Waals surface area contributed by atoms with Gasteiger partial charge >= 0.3 is 6.09 Å². The highest BCUT2D eigenvalue weighted by Crippen LogP contribution is 2.23. The van der Waals surface area contributed by atoms with Crippen molar-refractivity contribution in [2.45, 2.75) is 5.03 Å². The van der Waals surface area contributed by atoms with E-state index >= 15 is 0 Å². The van der Waals surface area contributed by atoms with E-state index in [1.807, 2.05) is 0 Å². The summed E-state index contributed by atoms with van der Waals surface area (Å²) in [5.74, 6) is 0. The van der Waals surface area contributed by atoms with Gasteiger partial charge in [-0.2, -0.15) is 4.31 Å². The number of hydrogen-bond acceptors (Lipinski definition) is 5. The highest BCUT2D eigenvalue weighted by Gasteiger charge is 2.33. The van der Waals surface area contributed by atoms with Crippen LogP contribution in [0.2, 0.25) is 5.15 Å². The Labute approximate surface area is 121 Å². The summed E-state index contributed by atoms with van der Waals surface area (Å²) in [5.41, 5.74) is 0. The van der Waals surface area contributed by atoms with E-state index in [9.17, 15) is 13.2 Å². The highest BCUT2D eigenvalue weighted by molar-refractivity contribution is 7.89. The van der Waals surface area contributed by atoms with E-state index in [1.165, 1.54) is 27.2 Å². The Morgan fingerprint density at radius 1 is 1.35 bits per heavy atom. The summed E-state index contributed by atoms with van der Waals surface area (Å²) < 4.78 is 32.1. The summed E-state index contributed by atoms with van der Waals surface area (Å²) in [6, 6.07) is 0. The van der Waals surface area contributed by atoms with Crippen molar-refractivity contribution in [3.05, 3.63) is 11.5 Å². The zero-order valence-electron chi connectivity index (χ0n) is 11.1. The summed E-state index contributed by atoms with van der Waals surface area (Å²) >= 11 is 5.92. The Bertz CT molecular complexity index is 607. The van der Waals surface area contributed by atoms with Crippen molar-refractivity contribution >= 4 is 27.7 Å². The fourth-order valence-corrected chi connectivity index (χ4v) is 3.74. The van der Waals surface area contributed by atoms with Crippen molar-refractivity contribution in [2.75, 3.05) is 33.3 Å². The molecule has 1 aromatic rings. The molecule has 10 heteroatoms. The third-order valence-electron chi connectivity index (χ3n) is 3.09. The third kappa shape index (κ3) is 2.60. The SMILES string of the molecule is COC(=O)N1CCN(S(=O)(=O)c2ncn(C)c2Cl)CC1. The number of carbonyl (C=O) groups is 1. The van der Waals surface area contributed by atoms with Crippen molar-refractivity contribution < 1.29 is 17.9 Å². The largest absolute Gasteiger partial charge is 0.453 e. The summed E-state index contributed by atoms with van der Waals surface area (Å²) in [6.45, 7) is 0.918. The molecular weight excluding hydrogens is 308 g/mol. The van der Waals surface area contributed by atoms with E-state index in [0.29, 0.717) is 0 Å². The summed E-state index contributed by atoms with van der Waals surface area (Å²) in [6.07, 6.45) is 0.887. The summed E-state index contributed by atoms with van der Waals surface area (Å²) in [4.78, 5) is 16.6. The number of aromatic nitrogens is 2. The molecule has 0 saturated carbocycles. The standard InChI is InChI=1S/C10H15ClN4O4S/c1-13-7-12-9(8(13)11)20(17,18)15-5-3-14(4-6-15)10(16)19-2/h7H,3-6H2,1-2H3. The Balaban J connectivity index is 2.14. The molecule has 0 aliphatic carbocycles. The van der Waals surface area contributed by atoms with Crippen LogP contribution in [0.3, 0.4) is 0 Å². The molecule has 1 aliphatic heterocycles. The lowest BCUT2D eigenvalue weighted by molar-refractivity contribution is 0.108. The quantitative estimate of drug-likeness (QED) is 0.773. The number of piperazine rings is 1. The number of imidazole rings is 1. The zero-order valence-corrected chi connectivity index (χ0v) is 12.7. The van der Waals surface area contributed by atoms with E-state index in [-0.39, 0.29) is 36.4 Å². The van der Waals surface area contributed by atoms with Crippen molar-refractivity contribution in [1.82, 2.24) is 18.8 Å². The Hall–Kier alpha value is -1.32. The first-order valence-corrected chi connectivity index (χ1v) is 7.69. The average Bonchev–Trinajstić information content (AvgIpc) is 2.79. The van der Waals surface area contributed by atoms with Crippen LogP contribution in [0.1, 0.15) is 0 Å². The monoisotopic (exact) mass is 322 g/mol. The minimum atomic E-state index is -3.74. The number of sulfonamides is 1. The molecule has 1 fully saturated rings. The lowest BCUT2D eigenvalue weighted by Crippen LogP contribution is -2.50. The van der Waals surface area contributed by atoms with E-state index in [4.69, 9.17) is 11.6 Å². The lowest BCUT2D eigenvalue weighted by Gasteiger charge is -2.32. The number of aryl methyl sites for hydroxylation is 1. The molecule has 112 valence electrons. The maximum Gasteiger partial charge on any atom is 0.409 e. The number of nitrogens with zero attached hydrogens (tertiary/aromatic N) is 4. The minimum absolute atomic E-state index is 0.0698. The number of hydrogen-bond donors (Lipinski definition) is 0. The first-order chi connectivity index (χ1) is 9.37. The molecule has 8 nitrogen and oxygen atoms in total. The highest BCUT2D eigenvalue weighted by atomic mass is 35.5. The third-order valence-corrected chi connectivity index (χ3v) is 5.48. The first kappa shape index (κ1) is 15.1. The summed E-state index contributed by atoms with van der Waals surface area (Å²) in [5, 5.41) is -0.0893. The molecule has 20 heavy (non-hydrogen) atoms. The van der Waals surface area contributed by atoms with E-state index in [1.54, 1.807) is 7.05 Å². The first-order valence-electron chi connectivity index (χ1n) is 5.87. The molecule has 1 aromatic heterocycles. The van der Waals surface area contributed by atoms with Gasteiger partial charge in [-0.1, -0.05) is 11.6 Å². The molecule has 1 amide bonds. The van der Waals surface area contributed by atoms with Gasteiger partial charge in [-0.3, -0.25) is 0 Å². The fourth-order valence-electron chi connectivity index (χ4n) is 1.93.